The molecule has 0 aliphatic rings. The van der Waals surface area contributed by atoms with E-state index in [4.69, 9.17) is 13.8 Å². The molecule has 0 saturated heterocycles. The summed E-state index contributed by atoms with van der Waals surface area (Å²) < 4.78 is 27.1. The van der Waals surface area contributed by atoms with Crippen molar-refractivity contribution in [1.82, 2.24) is 0 Å². The monoisotopic (exact) mass is 552 g/mol. The van der Waals surface area contributed by atoms with Gasteiger partial charge in [-0.2, -0.15) is 0 Å². The van der Waals surface area contributed by atoms with Crippen LogP contribution in [0.2, 0.25) is 0 Å². The molecule has 8 nitrogen and oxygen atoms in total. The average Bonchev–Trinajstić information content (AvgIpc) is 2.82. The molecule has 0 aromatic carbocycles. The van der Waals surface area contributed by atoms with Crippen molar-refractivity contribution in [3.05, 3.63) is 0 Å². The zero-order valence-electron chi connectivity index (χ0n) is 24.5. The van der Waals surface area contributed by atoms with Crippen LogP contribution in [-0.4, -0.2) is 74.1 Å². The van der Waals surface area contributed by atoms with Gasteiger partial charge in [0.05, 0.1) is 27.7 Å². The van der Waals surface area contributed by atoms with Crippen LogP contribution in [0.1, 0.15) is 122 Å². The first-order valence-electron chi connectivity index (χ1n) is 14.8. The Labute approximate surface area is 227 Å². The molecule has 1 unspecified atom stereocenters. The Morgan fingerprint density at radius 2 is 1.16 bits per heavy atom. The molecule has 222 valence electrons. The Bertz CT molecular complexity index is 583. The standard InChI is InChI=1S/C28H58NO7P/c1-5-6-7-8-9-10-11-12-13-14-15-16-17-18-19-20-21-22-28(31)34-25-27(30)26-36-37(32,33)35-24-23-29(2,3)4/h27,30H,5-26H2,1-4H3/p+1/t27-/m0/s1. The van der Waals surface area contributed by atoms with E-state index >= 15 is 0 Å². The van der Waals surface area contributed by atoms with E-state index in [0.717, 1.165) is 19.3 Å². The Morgan fingerprint density at radius 1 is 0.730 bits per heavy atom. The van der Waals surface area contributed by atoms with Crippen molar-refractivity contribution < 1.29 is 37.6 Å². The third-order valence-corrected chi connectivity index (χ3v) is 7.35. The van der Waals surface area contributed by atoms with E-state index in [1.807, 2.05) is 21.1 Å². The number of aliphatic hydroxyl groups excluding tert-OH is 1. The summed E-state index contributed by atoms with van der Waals surface area (Å²) in [6.07, 6.45) is 21.0. The van der Waals surface area contributed by atoms with Crippen LogP contribution in [-0.2, 0) is 23.1 Å². The van der Waals surface area contributed by atoms with Crippen LogP contribution in [0.25, 0.3) is 0 Å². The molecule has 0 bridgehead atoms. The lowest BCUT2D eigenvalue weighted by Gasteiger charge is -2.24. The topological polar surface area (TPSA) is 102 Å². The fourth-order valence-corrected chi connectivity index (χ4v) is 4.70. The number of carbonyl (C=O) groups excluding carboxylic acids is 1. The quantitative estimate of drug-likeness (QED) is 0.0502. The van der Waals surface area contributed by atoms with Gasteiger partial charge in [0.2, 0.25) is 0 Å². The first kappa shape index (κ1) is 36.5. The Kier molecular flexibility index (Phi) is 23.1. The van der Waals surface area contributed by atoms with Crippen LogP contribution in [0, 0.1) is 0 Å². The molecule has 0 heterocycles. The lowest BCUT2D eigenvalue weighted by molar-refractivity contribution is -0.870. The zero-order chi connectivity index (χ0) is 27.8. The SMILES string of the molecule is CCCCCCCCCCCCCCCCCCCC(=O)OC[C@H](O)COP(=O)(O)OCC[N+](C)(C)C. The molecule has 0 aromatic heterocycles. The number of nitrogens with zero attached hydrogens (tertiary/aromatic N) is 1. The molecule has 37 heavy (non-hydrogen) atoms. The minimum Gasteiger partial charge on any atom is -0.463 e. The van der Waals surface area contributed by atoms with E-state index < -0.39 is 20.5 Å². The molecule has 0 radical (unpaired) electrons. The summed E-state index contributed by atoms with van der Waals surface area (Å²) in [4.78, 5) is 21.5. The number of rotatable bonds is 27. The molecule has 9 heteroatoms. The van der Waals surface area contributed by atoms with Gasteiger partial charge >= 0.3 is 13.8 Å². The lowest BCUT2D eigenvalue weighted by atomic mass is 10.0. The molecule has 0 saturated carbocycles. The maximum Gasteiger partial charge on any atom is 0.472 e. The molecule has 0 spiro atoms. The molecule has 0 aromatic rings. The Morgan fingerprint density at radius 3 is 1.59 bits per heavy atom. The molecule has 0 fully saturated rings. The molecule has 0 aliphatic heterocycles. The fourth-order valence-electron chi connectivity index (χ4n) is 3.95. The zero-order valence-corrected chi connectivity index (χ0v) is 25.4. The molecule has 0 rings (SSSR count). The van der Waals surface area contributed by atoms with Crippen LogP contribution >= 0.6 is 7.82 Å². The first-order chi connectivity index (χ1) is 17.6. The van der Waals surface area contributed by atoms with Gasteiger partial charge in [0.15, 0.2) is 0 Å². The second-order valence-electron chi connectivity index (χ2n) is 11.4. The van der Waals surface area contributed by atoms with Crippen molar-refractivity contribution >= 4 is 13.8 Å². The van der Waals surface area contributed by atoms with Crippen molar-refractivity contribution in [2.45, 2.75) is 129 Å². The fraction of sp³-hybridized carbons (Fsp3) is 0.964. The van der Waals surface area contributed by atoms with Gasteiger partial charge in [-0.3, -0.25) is 13.8 Å². The van der Waals surface area contributed by atoms with Crippen molar-refractivity contribution in [3.8, 4) is 0 Å². The van der Waals surface area contributed by atoms with Crippen LogP contribution in [0.15, 0.2) is 0 Å². The van der Waals surface area contributed by atoms with Gasteiger partial charge < -0.3 is 19.2 Å². The smallest absolute Gasteiger partial charge is 0.463 e. The molecule has 0 aliphatic carbocycles. The minimum atomic E-state index is -4.24. The largest absolute Gasteiger partial charge is 0.472 e. The number of hydrogen-bond acceptors (Lipinski definition) is 6. The maximum atomic E-state index is 11.8. The third kappa shape index (κ3) is 28.3. The maximum absolute atomic E-state index is 11.8. The van der Waals surface area contributed by atoms with Gasteiger partial charge in [0.1, 0.15) is 25.9 Å². The highest BCUT2D eigenvalue weighted by Gasteiger charge is 2.24. The van der Waals surface area contributed by atoms with Crippen LogP contribution in [0.5, 0.6) is 0 Å². The van der Waals surface area contributed by atoms with Crippen LogP contribution in [0.3, 0.4) is 0 Å². The number of likely N-dealkylation sites (N-methyl/N-ethyl adjacent to an activating group) is 1. The van der Waals surface area contributed by atoms with E-state index in [-0.39, 0.29) is 19.2 Å². The van der Waals surface area contributed by atoms with Gasteiger partial charge in [-0.15, -0.1) is 0 Å². The predicted molar refractivity (Wildman–Crippen MR) is 150 cm³/mol. The van der Waals surface area contributed by atoms with E-state index in [1.54, 1.807) is 0 Å². The van der Waals surface area contributed by atoms with Crippen molar-refractivity contribution in [1.29, 1.82) is 0 Å². The minimum absolute atomic E-state index is 0.0573. The molecular weight excluding hydrogens is 493 g/mol. The average molecular weight is 553 g/mol. The molecule has 2 N–H and O–H groups in total. The Hall–Kier alpha value is -0.500. The number of phosphoric ester groups is 1. The van der Waals surface area contributed by atoms with Crippen molar-refractivity contribution in [2.75, 3.05) is 47.5 Å². The summed E-state index contributed by atoms with van der Waals surface area (Å²) in [6, 6.07) is 0. The second kappa shape index (κ2) is 23.4. The van der Waals surface area contributed by atoms with Gasteiger partial charge in [0, 0.05) is 6.42 Å². The Balaban J connectivity index is 3.48. The third-order valence-electron chi connectivity index (χ3n) is 6.37. The summed E-state index contributed by atoms with van der Waals surface area (Å²) in [6.45, 7) is 2.15. The number of unbranched alkanes of at least 4 members (excludes halogenated alkanes) is 16. The lowest BCUT2D eigenvalue weighted by Crippen LogP contribution is -2.37. The van der Waals surface area contributed by atoms with Crippen molar-refractivity contribution in [3.63, 3.8) is 0 Å². The molecular formula is C28H59NO7P+. The van der Waals surface area contributed by atoms with E-state index in [2.05, 4.69) is 6.92 Å². The van der Waals surface area contributed by atoms with Crippen LogP contribution < -0.4 is 0 Å². The highest BCUT2D eigenvalue weighted by atomic mass is 31.2. The van der Waals surface area contributed by atoms with Gasteiger partial charge in [-0.1, -0.05) is 110 Å². The molecule has 2 atom stereocenters. The van der Waals surface area contributed by atoms with Gasteiger partial charge in [0.25, 0.3) is 0 Å². The number of carbonyl (C=O) groups is 1. The van der Waals surface area contributed by atoms with E-state index in [9.17, 15) is 19.4 Å². The summed E-state index contributed by atoms with van der Waals surface area (Å²) in [5.41, 5.74) is 0. The first-order valence-corrected chi connectivity index (χ1v) is 16.3. The number of phosphoric acid groups is 1. The normalized spacial score (nSPS) is 14.4. The summed E-state index contributed by atoms with van der Waals surface area (Å²) >= 11 is 0. The predicted octanol–water partition coefficient (Wildman–Crippen LogP) is 6.77. The van der Waals surface area contributed by atoms with E-state index in [1.165, 1.54) is 89.9 Å². The number of aliphatic hydroxyl groups is 1. The number of hydrogen-bond donors (Lipinski definition) is 2. The second-order valence-corrected chi connectivity index (χ2v) is 12.8. The summed E-state index contributed by atoms with van der Waals surface area (Å²) in [7, 11) is 1.57. The summed E-state index contributed by atoms with van der Waals surface area (Å²) in [5, 5.41) is 9.84. The van der Waals surface area contributed by atoms with Gasteiger partial charge in [-0.05, 0) is 6.42 Å². The van der Waals surface area contributed by atoms with Crippen molar-refractivity contribution in [2.24, 2.45) is 0 Å². The highest BCUT2D eigenvalue weighted by molar-refractivity contribution is 7.47. The number of esters is 1. The summed E-state index contributed by atoms with van der Waals surface area (Å²) in [5.74, 6) is -0.369. The number of ether oxygens (including phenoxy) is 1. The number of quaternary nitrogens is 1. The van der Waals surface area contributed by atoms with Crippen LogP contribution in [0.4, 0.5) is 0 Å². The van der Waals surface area contributed by atoms with Gasteiger partial charge in [-0.25, -0.2) is 4.57 Å². The highest BCUT2D eigenvalue weighted by Crippen LogP contribution is 2.43. The molecule has 0 amide bonds. The van der Waals surface area contributed by atoms with E-state index in [0.29, 0.717) is 17.4 Å².